The Morgan fingerprint density at radius 3 is 2.76 bits per heavy atom. The molecule has 0 aliphatic rings. The average molecular weight is 355 g/mol. The number of primary amides is 1. The molecule has 25 heavy (non-hydrogen) atoms. The van der Waals surface area contributed by atoms with Crippen molar-refractivity contribution >= 4 is 28.1 Å². The molecule has 0 saturated heterocycles. The number of benzene rings is 2. The van der Waals surface area contributed by atoms with Crippen LogP contribution >= 0.6 is 11.3 Å². The van der Waals surface area contributed by atoms with E-state index in [2.05, 4.69) is 10.3 Å². The number of hydrogen-bond acceptors (Lipinski definition) is 6. The predicted octanol–water partition coefficient (Wildman–Crippen LogP) is 3.57. The van der Waals surface area contributed by atoms with Gasteiger partial charge in [0.2, 0.25) is 0 Å². The Hall–Kier alpha value is -3.06. The van der Waals surface area contributed by atoms with Gasteiger partial charge in [0.05, 0.1) is 18.4 Å². The molecule has 1 aromatic heterocycles. The number of anilines is 2. The number of rotatable bonds is 7. The Morgan fingerprint density at radius 2 is 2.04 bits per heavy atom. The number of nitrogens with zero attached hydrogens (tertiary/aromatic N) is 1. The van der Waals surface area contributed by atoms with E-state index in [-0.39, 0.29) is 12.2 Å². The second-order valence-electron chi connectivity index (χ2n) is 5.15. The van der Waals surface area contributed by atoms with Crippen molar-refractivity contribution in [1.82, 2.24) is 4.98 Å². The molecule has 3 N–H and O–H groups in total. The minimum Gasteiger partial charge on any atom is -0.497 e. The number of methoxy groups -OCH3 is 1. The summed E-state index contributed by atoms with van der Waals surface area (Å²) in [6.45, 7) is 0.236. The SMILES string of the molecule is COc1ccc(OCc2csc(Nc3ccccc3)n2)c(C(N)=O)c1. The summed E-state index contributed by atoms with van der Waals surface area (Å²) in [5.41, 5.74) is 7.40. The molecule has 7 heteroatoms. The molecule has 0 fully saturated rings. The van der Waals surface area contributed by atoms with E-state index in [0.717, 1.165) is 16.5 Å². The van der Waals surface area contributed by atoms with Gasteiger partial charge in [-0.2, -0.15) is 0 Å². The Bertz CT molecular complexity index is 865. The van der Waals surface area contributed by atoms with Crippen molar-refractivity contribution in [3.05, 3.63) is 65.2 Å². The Labute approximate surface area is 149 Å². The maximum Gasteiger partial charge on any atom is 0.252 e. The number of thiazole rings is 1. The van der Waals surface area contributed by atoms with Crippen LogP contribution in [0.2, 0.25) is 0 Å². The van der Waals surface area contributed by atoms with Gasteiger partial charge in [-0.25, -0.2) is 4.98 Å². The fourth-order valence-electron chi connectivity index (χ4n) is 2.18. The van der Waals surface area contributed by atoms with E-state index in [1.165, 1.54) is 18.4 Å². The van der Waals surface area contributed by atoms with Crippen molar-refractivity contribution < 1.29 is 14.3 Å². The first kappa shape index (κ1) is 16.8. The predicted molar refractivity (Wildman–Crippen MR) is 97.7 cm³/mol. The topological polar surface area (TPSA) is 86.5 Å². The number of carbonyl (C=O) groups is 1. The van der Waals surface area contributed by atoms with E-state index in [1.54, 1.807) is 18.2 Å². The molecule has 1 heterocycles. The number of aromatic nitrogens is 1. The molecule has 128 valence electrons. The molecule has 0 unspecified atom stereocenters. The third kappa shape index (κ3) is 4.27. The Kier molecular flexibility index (Phi) is 5.15. The molecule has 0 radical (unpaired) electrons. The molecule has 3 aromatic rings. The van der Waals surface area contributed by atoms with Crippen LogP contribution in [0.5, 0.6) is 11.5 Å². The van der Waals surface area contributed by atoms with Crippen molar-refractivity contribution in [3.63, 3.8) is 0 Å². The van der Waals surface area contributed by atoms with Gasteiger partial charge in [0.1, 0.15) is 18.1 Å². The molecule has 2 aromatic carbocycles. The molecule has 1 amide bonds. The van der Waals surface area contributed by atoms with Crippen molar-refractivity contribution in [2.45, 2.75) is 6.61 Å². The quantitative estimate of drug-likeness (QED) is 0.676. The van der Waals surface area contributed by atoms with Crippen LogP contribution in [0, 0.1) is 0 Å². The number of para-hydroxylation sites is 1. The third-order valence-corrected chi connectivity index (χ3v) is 4.21. The zero-order chi connectivity index (χ0) is 17.6. The minimum absolute atomic E-state index is 0.236. The van der Waals surface area contributed by atoms with E-state index in [4.69, 9.17) is 15.2 Å². The number of amides is 1. The molecule has 0 saturated carbocycles. The van der Waals surface area contributed by atoms with E-state index in [0.29, 0.717) is 11.5 Å². The zero-order valence-electron chi connectivity index (χ0n) is 13.6. The van der Waals surface area contributed by atoms with Crippen LogP contribution in [0.3, 0.4) is 0 Å². The van der Waals surface area contributed by atoms with Gasteiger partial charge < -0.3 is 20.5 Å². The lowest BCUT2D eigenvalue weighted by Gasteiger charge is -2.10. The highest BCUT2D eigenvalue weighted by molar-refractivity contribution is 7.13. The minimum atomic E-state index is -0.571. The van der Waals surface area contributed by atoms with E-state index >= 15 is 0 Å². The molecule has 0 aliphatic heterocycles. The van der Waals surface area contributed by atoms with Crippen LogP contribution in [-0.2, 0) is 6.61 Å². The highest BCUT2D eigenvalue weighted by Crippen LogP contribution is 2.26. The first-order chi connectivity index (χ1) is 12.2. The highest BCUT2D eigenvalue weighted by atomic mass is 32.1. The second kappa shape index (κ2) is 7.67. The van der Waals surface area contributed by atoms with Gasteiger partial charge in [-0.05, 0) is 30.3 Å². The first-order valence-corrected chi connectivity index (χ1v) is 8.41. The summed E-state index contributed by atoms with van der Waals surface area (Å²) in [5.74, 6) is 0.377. The zero-order valence-corrected chi connectivity index (χ0v) is 14.4. The lowest BCUT2D eigenvalue weighted by atomic mass is 10.2. The fourth-order valence-corrected chi connectivity index (χ4v) is 2.90. The molecular weight excluding hydrogens is 338 g/mol. The summed E-state index contributed by atoms with van der Waals surface area (Å²) >= 11 is 1.48. The van der Waals surface area contributed by atoms with Gasteiger partial charge in [0.25, 0.3) is 5.91 Å². The lowest BCUT2D eigenvalue weighted by Crippen LogP contribution is -2.13. The summed E-state index contributed by atoms with van der Waals surface area (Å²) in [4.78, 5) is 16.0. The van der Waals surface area contributed by atoms with Crippen LogP contribution in [0.1, 0.15) is 16.1 Å². The van der Waals surface area contributed by atoms with Crippen LogP contribution in [0.15, 0.2) is 53.9 Å². The summed E-state index contributed by atoms with van der Waals surface area (Å²) in [7, 11) is 1.52. The van der Waals surface area contributed by atoms with Crippen LogP contribution < -0.4 is 20.5 Å². The van der Waals surface area contributed by atoms with Gasteiger partial charge in [-0.15, -0.1) is 11.3 Å². The van der Waals surface area contributed by atoms with Crippen LogP contribution in [0.25, 0.3) is 0 Å². The van der Waals surface area contributed by atoms with Gasteiger partial charge >= 0.3 is 0 Å². The maximum absolute atomic E-state index is 11.6. The van der Waals surface area contributed by atoms with Gasteiger partial charge in [0.15, 0.2) is 5.13 Å². The van der Waals surface area contributed by atoms with Crippen LogP contribution in [0.4, 0.5) is 10.8 Å². The normalized spacial score (nSPS) is 10.3. The number of carbonyl (C=O) groups excluding carboxylic acids is 1. The molecule has 0 aliphatic carbocycles. The summed E-state index contributed by atoms with van der Waals surface area (Å²) < 4.78 is 10.8. The van der Waals surface area contributed by atoms with E-state index in [9.17, 15) is 4.79 Å². The third-order valence-electron chi connectivity index (χ3n) is 3.40. The Morgan fingerprint density at radius 1 is 1.24 bits per heavy atom. The monoisotopic (exact) mass is 355 g/mol. The number of nitrogens with two attached hydrogens (primary N) is 1. The smallest absolute Gasteiger partial charge is 0.252 e. The van der Waals surface area contributed by atoms with Gasteiger partial charge in [-0.3, -0.25) is 4.79 Å². The molecule has 0 spiro atoms. The second-order valence-corrected chi connectivity index (χ2v) is 6.01. The Balaban J connectivity index is 1.67. The van der Waals surface area contributed by atoms with Gasteiger partial charge in [0, 0.05) is 11.1 Å². The largest absolute Gasteiger partial charge is 0.497 e. The van der Waals surface area contributed by atoms with Crippen molar-refractivity contribution in [1.29, 1.82) is 0 Å². The summed E-state index contributed by atoms with van der Waals surface area (Å²) in [6, 6.07) is 14.7. The maximum atomic E-state index is 11.6. The molecule has 6 nitrogen and oxygen atoms in total. The molecule has 0 bridgehead atoms. The number of nitrogens with one attached hydrogen (secondary N) is 1. The molecule has 0 atom stereocenters. The standard InChI is InChI=1S/C18H17N3O3S/c1-23-14-7-8-16(15(9-14)17(19)22)24-10-13-11-25-18(21-13)20-12-5-3-2-4-6-12/h2-9,11H,10H2,1H3,(H2,19,22)(H,20,21). The summed E-state index contributed by atoms with van der Waals surface area (Å²) in [6.07, 6.45) is 0. The van der Waals surface area contributed by atoms with Crippen LogP contribution in [-0.4, -0.2) is 18.0 Å². The highest BCUT2D eigenvalue weighted by Gasteiger charge is 2.12. The lowest BCUT2D eigenvalue weighted by molar-refractivity contribution is 0.0995. The van der Waals surface area contributed by atoms with Crippen molar-refractivity contribution in [2.24, 2.45) is 5.73 Å². The molecular formula is C18H17N3O3S. The average Bonchev–Trinajstić information content (AvgIpc) is 3.08. The van der Waals surface area contributed by atoms with Gasteiger partial charge in [-0.1, -0.05) is 18.2 Å². The fraction of sp³-hybridized carbons (Fsp3) is 0.111. The molecule has 3 rings (SSSR count). The first-order valence-electron chi connectivity index (χ1n) is 7.53. The van der Waals surface area contributed by atoms with E-state index < -0.39 is 5.91 Å². The summed E-state index contributed by atoms with van der Waals surface area (Å²) in [5, 5.41) is 5.90. The number of ether oxygens (including phenoxy) is 2. The van der Waals surface area contributed by atoms with E-state index in [1.807, 2.05) is 35.7 Å². The van der Waals surface area contributed by atoms with Crippen molar-refractivity contribution in [3.8, 4) is 11.5 Å². The number of hydrogen-bond donors (Lipinski definition) is 2. The van der Waals surface area contributed by atoms with Crippen molar-refractivity contribution in [2.75, 3.05) is 12.4 Å².